The van der Waals surface area contributed by atoms with E-state index in [1.807, 2.05) is 29.0 Å². The average molecular weight is 299 g/mol. The summed E-state index contributed by atoms with van der Waals surface area (Å²) < 4.78 is 6.39. The van der Waals surface area contributed by atoms with E-state index in [0.717, 1.165) is 5.56 Å². The maximum Gasteiger partial charge on any atom is 0.330 e. The minimum atomic E-state index is -0.448. The van der Waals surface area contributed by atoms with Crippen LogP contribution in [0.25, 0.3) is 0 Å². The van der Waals surface area contributed by atoms with E-state index in [-0.39, 0.29) is 12.5 Å². The van der Waals surface area contributed by atoms with Gasteiger partial charge in [0.25, 0.3) is 5.91 Å². The molecule has 6 heteroatoms. The fourth-order valence-corrected chi connectivity index (χ4v) is 1.88. The van der Waals surface area contributed by atoms with Crippen molar-refractivity contribution in [2.45, 2.75) is 6.54 Å². The Morgan fingerprint density at radius 2 is 2.27 bits per heavy atom. The summed E-state index contributed by atoms with van der Waals surface area (Å²) in [5, 5.41) is 2.71. The first-order chi connectivity index (χ1) is 10.7. The van der Waals surface area contributed by atoms with Gasteiger partial charge in [0.05, 0.1) is 13.4 Å². The van der Waals surface area contributed by atoms with Crippen LogP contribution in [0.3, 0.4) is 0 Å². The van der Waals surface area contributed by atoms with E-state index in [1.165, 1.54) is 13.2 Å². The van der Waals surface area contributed by atoms with Gasteiger partial charge in [-0.2, -0.15) is 0 Å². The van der Waals surface area contributed by atoms with Crippen molar-refractivity contribution in [1.82, 2.24) is 14.9 Å². The zero-order valence-electron chi connectivity index (χ0n) is 12.2. The zero-order chi connectivity index (χ0) is 15.8. The molecule has 0 aliphatic rings. The molecule has 0 saturated carbocycles. The molecule has 1 heterocycles. The lowest BCUT2D eigenvalue weighted by molar-refractivity contribution is -0.134. The summed E-state index contributed by atoms with van der Waals surface area (Å²) in [5.41, 5.74) is 1.58. The van der Waals surface area contributed by atoms with Crippen molar-refractivity contribution < 1.29 is 14.3 Å². The Labute approximate surface area is 128 Å². The SMILES string of the molecule is COC(=O)/C=C/CNC(=O)c1cccc(Cn2ccnc2)c1. The molecule has 0 unspecified atom stereocenters. The number of methoxy groups -OCH3 is 1. The number of hydrogen-bond acceptors (Lipinski definition) is 4. The van der Waals surface area contributed by atoms with Gasteiger partial charge in [0.1, 0.15) is 0 Å². The first-order valence-corrected chi connectivity index (χ1v) is 6.76. The van der Waals surface area contributed by atoms with Crippen LogP contribution < -0.4 is 5.32 Å². The van der Waals surface area contributed by atoms with Gasteiger partial charge in [-0.3, -0.25) is 4.79 Å². The monoisotopic (exact) mass is 299 g/mol. The summed E-state index contributed by atoms with van der Waals surface area (Å²) in [6.45, 7) is 0.920. The van der Waals surface area contributed by atoms with Crippen molar-refractivity contribution in [3.63, 3.8) is 0 Å². The van der Waals surface area contributed by atoms with Crippen LogP contribution in [0.5, 0.6) is 0 Å². The van der Waals surface area contributed by atoms with Crippen molar-refractivity contribution in [1.29, 1.82) is 0 Å². The molecule has 0 fully saturated rings. The summed E-state index contributed by atoms with van der Waals surface area (Å²) in [6, 6.07) is 7.37. The van der Waals surface area contributed by atoms with Crippen molar-refractivity contribution >= 4 is 11.9 Å². The Kier molecular flexibility index (Phi) is 5.48. The fourth-order valence-electron chi connectivity index (χ4n) is 1.88. The summed E-state index contributed by atoms with van der Waals surface area (Å²) in [7, 11) is 1.30. The molecule has 1 aromatic carbocycles. The molecular formula is C16H17N3O3. The zero-order valence-corrected chi connectivity index (χ0v) is 12.2. The Bertz CT molecular complexity index is 663. The molecule has 0 bridgehead atoms. The number of benzene rings is 1. The summed E-state index contributed by atoms with van der Waals surface area (Å²) >= 11 is 0. The number of aromatic nitrogens is 2. The Hall–Kier alpha value is -2.89. The number of esters is 1. The second kappa shape index (κ2) is 7.78. The van der Waals surface area contributed by atoms with E-state index in [9.17, 15) is 9.59 Å². The number of nitrogens with one attached hydrogen (secondary N) is 1. The number of carbonyl (C=O) groups is 2. The third kappa shape index (κ3) is 4.59. The maximum absolute atomic E-state index is 12.0. The van der Waals surface area contributed by atoms with Gasteiger partial charge in [-0.15, -0.1) is 0 Å². The van der Waals surface area contributed by atoms with E-state index in [4.69, 9.17) is 0 Å². The number of ether oxygens (including phenoxy) is 1. The number of nitrogens with zero attached hydrogens (tertiary/aromatic N) is 2. The number of carbonyl (C=O) groups excluding carboxylic acids is 2. The molecule has 1 aromatic heterocycles. The molecule has 0 radical (unpaired) electrons. The normalized spacial score (nSPS) is 10.6. The third-order valence-corrected chi connectivity index (χ3v) is 2.95. The van der Waals surface area contributed by atoms with Crippen molar-refractivity contribution in [2.24, 2.45) is 0 Å². The van der Waals surface area contributed by atoms with Gasteiger partial charge in [0.15, 0.2) is 0 Å². The van der Waals surface area contributed by atoms with Crippen molar-refractivity contribution in [2.75, 3.05) is 13.7 Å². The second-order valence-corrected chi connectivity index (χ2v) is 4.57. The molecule has 0 spiro atoms. The van der Waals surface area contributed by atoms with Gasteiger partial charge < -0.3 is 14.6 Å². The standard InChI is InChI=1S/C16H17N3O3/c1-22-15(20)6-3-7-18-16(21)14-5-2-4-13(10-14)11-19-9-8-17-12-19/h2-6,8-10,12H,7,11H2,1H3,(H,18,21)/b6-3+. The van der Waals surface area contributed by atoms with Gasteiger partial charge in [0.2, 0.25) is 0 Å². The summed E-state index contributed by atoms with van der Waals surface area (Å²) in [4.78, 5) is 26.9. The highest BCUT2D eigenvalue weighted by Gasteiger charge is 2.05. The molecule has 0 atom stereocenters. The summed E-state index contributed by atoms with van der Waals surface area (Å²) in [5.74, 6) is -0.640. The molecule has 0 aliphatic carbocycles. The van der Waals surface area contributed by atoms with E-state index < -0.39 is 5.97 Å². The first kappa shape index (κ1) is 15.5. The van der Waals surface area contributed by atoms with Crippen LogP contribution in [0.1, 0.15) is 15.9 Å². The molecule has 2 aromatic rings. The van der Waals surface area contributed by atoms with Crippen LogP contribution >= 0.6 is 0 Å². The van der Waals surface area contributed by atoms with Crippen LogP contribution in [0.15, 0.2) is 55.1 Å². The lowest BCUT2D eigenvalue weighted by Crippen LogP contribution is -2.23. The van der Waals surface area contributed by atoms with Crippen LogP contribution in [0.4, 0.5) is 0 Å². The van der Waals surface area contributed by atoms with Crippen molar-refractivity contribution in [3.05, 3.63) is 66.3 Å². The van der Waals surface area contributed by atoms with E-state index in [2.05, 4.69) is 15.0 Å². The fraction of sp³-hybridized carbons (Fsp3) is 0.188. The largest absolute Gasteiger partial charge is 0.466 e. The Morgan fingerprint density at radius 1 is 1.41 bits per heavy atom. The molecule has 0 aliphatic heterocycles. The van der Waals surface area contributed by atoms with Crippen LogP contribution in [0, 0.1) is 0 Å². The third-order valence-electron chi connectivity index (χ3n) is 2.95. The van der Waals surface area contributed by atoms with Crippen molar-refractivity contribution in [3.8, 4) is 0 Å². The average Bonchev–Trinajstić information content (AvgIpc) is 3.04. The number of rotatable bonds is 6. The highest BCUT2D eigenvalue weighted by Crippen LogP contribution is 2.07. The molecular weight excluding hydrogens is 282 g/mol. The molecule has 114 valence electrons. The Balaban J connectivity index is 1.92. The van der Waals surface area contributed by atoms with Gasteiger partial charge >= 0.3 is 5.97 Å². The van der Waals surface area contributed by atoms with E-state index in [0.29, 0.717) is 12.1 Å². The van der Waals surface area contributed by atoms with Gasteiger partial charge in [-0.05, 0) is 17.7 Å². The molecule has 2 rings (SSSR count). The highest BCUT2D eigenvalue weighted by atomic mass is 16.5. The highest BCUT2D eigenvalue weighted by molar-refractivity contribution is 5.94. The van der Waals surface area contributed by atoms with Gasteiger partial charge in [-0.25, -0.2) is 9.78 Å². The molecule has 22 heavy (non-hydrogen) atoms. The van der Waals surface area contributed by atoms with Gasteiger partial charge in [0, 0.05) is 37.1 Å². The lowest BCUT2D eigenvalue weighted by atomic mass is 10.1. The lowest BCUT2D eigenvalue weighted by Gasteiger charge is -2.06. The van der Waals surface area contributed by atoms with Crippen LogP contribution in [-0.4, -0.2) is 35.1 Å². The van der Waals surface area contributed by atoms with Crippen LogP contribution in [-0.2, 0) is 16.1 Å². The number of imidazole rings is 1. The van der Waals surface area contributed by atoms with E-state index >= 15 is 0 Å². The van der Waals surface area contributed by atoms with Crippen LogP contribution in [0.2, 0.25) is 0 Å². The summed E-state index contributed by atoms with van der Waals surface area (Å²) in [6.07, 6.45) is 8.12. The quantitative estimate of drug-likeness (QED) is 0.646. The predicted octanol–water partition coefficient (Wildman–Crippen LogP) is 1.39. The second-order valence-electron chi connectivity index (χ2n) is 4.57. The molecule has 0 saturated heterocycles. The number of amides is 1. The molecule has 6 nitrogen and oxygen atoms in total. The molecule has 1 amide bonds. The molecule has 1 N–H and O–H groups in total. The first-order valence-electron chi connectivity index (χ1n) is 6.76. The number of hydrogen-bond donors (Lipinski definition) is 1. The minimum absolute atomic E-state index is 0.193. The minimum Gasteiger partial charge on any atom is -0.466 e. The van der Waals surface area contributed by atoms with Gasteiger partial charge in [-0.1, -0.05) is 18.2 Å². The topological polar surface area (TPSA) is 73.2 Å². The Morgan fingerprint density at radius 3 is 3.00 bits per heavy atom. The maximum atomic E-state index is 12.0. The predicted molar refractivity (Wildman–Crippen MR) is 81.3 cm³/mol. The van der Waals surface area contributed by atoms with E-state index in [1.54, 1.807) is 24.7 Å². The smallest absolute Gasteiger partial charge is 0.330 e.